The summed E-state index contributed by atoms with van der Waals surface area (Å²) in [6.45, 7) is 3.37. The molecule has 2 atom stereocenters. The fourth-order valence-corrected chi connectivity index (χ4v) is 2.91. The summed E-state index contributed by atoms with van der Waals surface area (Å²) in [5.41, 5.74) is 0.911. The highest BCUT2D eigenvalue weighted by atomic mass is 19.3. The summed E-state index contributed by atoms with van der Waals surface area (Å²) in [4.78, 5) is 0. The van der Waals surface area contributed by atoms with Gasteiger partial charge in [-0.05, 0) is 42.4 Å². The number of hydrogen-bond acceptors (Lipinski definition) is 0. The molecule has 0 nitrogen and oxygen atoms in total. The minimum Gasteiger partial charge on any atom is -0.207 e. The zero-order chi connectivity index (χ0) is 13.5. The van der Waals surface area contributed by atoms with Gasteiger partial charge in [-0.2, -0.15) is 0 Å². The highest BCUT2D eigenvalue weighted by Gasteiger charge is 2.41. The predicted octanol–water partition coefficient (Wildman–Crippen LogP) is 4.81. The number of benzene rings is 1. The molecule has 0 radical (unpaired) electrons. The Morgan fingerprint density at radius 1 is 1.22 bits per heavy atom. The number of rotatable bonds is 1. The maximum absolute atomic E-state index is 13.9. The maximum Gasteiger partial charge on any atom is 0.248 e. The summed E-state index contributed by atoms with van der Waals surface area (Å²) in [5, 5.41) is 0. The average molecular weight is 260 g/mol. The summed E-state index contributed by atoms with van der Waals surface area (Å²) < 4.78 is 53.6. The molecule has 18 heavy (non-hydrogen) atoms. The highest BCUT2D eigenvalue weighted by Crippen LogP contribution is 2.46. The van der Waals surface area contributed by atoms with E-state index in [1.807, 2.05) is 0 Å². The largest absolute Gasteiger partial charge is 0.248 e. The van der Waals surface area contributed by atoms with Gasteiger partial charge in [0.05, 0.1) is 0 Å². The normalized spacial score (nSPS) is 27.2. The molecule has 2 unspecified atom stereocenters. The predicted molar refractivity (Wildman–Crippen MR) is 61.8 cm³/mol. The third kappa shape index (κ3) is 2.38. The molecule has 0 aliphatic heterocycles. The van der Waals surface area contributed by atoms with Crippen molar-refractivity contribution < 1.29 is 17.6 Å². The summed E-state index contributed by atoms with van der Waals surface area (Å²) in [7, 11) is 0. The van der Waals surface area contributed by atoms with Gasteiger partial charge in [0.1, 0.15) is 0 Å². The SMILES string of the molecule is Cc1ccc(F)c(F)c1C1CCC(F)(F)CC1C. The van der Waals surface area contributed by atoms with Crippen molar-refractivity contribution in [3.05, 3.63) is 34.9 Å². The van der Waals surface area contributed by atoms with Gasteiger partial charge in [-0.1, -0.05) is 13.0 Å². The molecule has 1 saturated carbocycles. The number of alkyl halides is 2. The number of aryl methyl sites for hydroxylation is 1. The number of hydrogen-bond donors (Lipinski definition) is 0. The van der Waals surface area contributed by atoms with E-state index in [4.69, 9.17) is 0 Å². The van der Waals surface area contributed by atoms with E-state index in [-0.39, 0.29) is 36.7 Å². The molecular formula is C14H16F4. The lowest BCUT2D eigenvalue weighted by atomic mass is 9.73. The van der Waals surface area contributed by atoms with Gasteiger partial charge in [0.15, 0.2) is 11.6 Å². The Kier molecular flexibility index (Phi) is 3.39. The van der Waals surface area contributed by atoms with Crippen molar-refractivity contribution in [3.63, 3.8) is 0 Å². The van der Waals surface area contributed by atoms with Crippen molar-refractivity contribution >= 4 is 0 Å². The van der Waals surface area contributed by atoms with Crippen LogP contribution in [0.25, 0.3) is 0 Å². The highest BCUT2D eigenvalue weighted by molar-refractivity contribution is 5.32. The molecule has 0 spiro atoms. The second-order valence-electron chi connectivity index (χ2n) is 5.27. The van der Waals surface area contributed by atoms with E-state index in [1.54, 1.807) is 13.8 Å². The standard InChI is InChI=1S/C14H16F4/c1-8-3-4-11(15)13(16)12(8)10-5-6-14(17,18)7-9(10)2/h3-4,9-10H,5-7H2,1-2H3. The van der Waals surface area contributed by atoms with Crippen molar-refractivity contribution in [1.29, 1.82) is 0 Å². The molecule has 100 valence electrons. The van der Waals surface area contributed by atoms with Crippen LogP contribution in [0, 0.1) is 24.5 Å². The summed E-state index contributed by atoms with van der Waals surface area (Å²) in [5.74, 6) is -5.12. The molecule has 0 bridgehead atoms. The molecule has 1 aliphatic rings. The minimum atomic E-state index is -2.67. The van der Waals surface area contributed by atoms with Gasteiger partial charge in [0.2, 0.25) is 5.92 Å². The van der Waals surface area contributed by atoms with Crippen LogP contribution in [-0.4, -0.2) is 5.92 Å². The van der Waals surface area contributed by atoms with Crippen molar-refractivity contribution in [2.24, 2.45) is 5.92 Å². The van der Waals surface area contributed by atoms with Crippen LogP contribution in [-0.2, 0) is 0 Å². The Labute approximate surface area is 104 Å². The second-order valence-corrected chi connectivity index (χ2v) is 5.27. The van der Waals surface area contributed by atoms with Crippen LogP contribution < -0.4 is 0 Å². The molecule has 1 fully saturated rings. The Hall–Kier alpha value is -1.06. The molecule has 1 aromatic carbocycles. The topological polar surface area (TPSA) is 0 Å². The molecule has 4 heteroatoms. The van der Waals surface area contributed by atoms with E-state index in [2.05, 4.69) is 0 Å². The van der Waals surface area contributed by atoms with Crippen molar-refractivity contribution in [2.75, 3.05) is 0 Å². The Bertz CT molecular complexity index is 453. The fraction of sp³-hybridized carbons (Fsp3) is 0.571. The Morgan fingerprint density at radius 3 is 2.50 bits per heavy atom. The quantitative estimate of drug-likeness (QED) is 0.635. The lowest BCUT2D eigenvalue weighted by molar-refractivity contribution is -0.0559. The molecule has 0 heterocycles. The third-order valence-electron chi connectivity index (χ3n) is 3.85. The molecule has 2 rings (SSSR count). The molecule has 0 aromatic heterocycles. The minimum absolute atomic E-state index is 0.204. The van der Waals surface area contributed by atoms with Gasteiger partial charge in [-0.3, -0.25) is 0 Å². The van der Waals surface area contributed by atoms with Gasteiger partial charge < -0.3 is 0 Å². The van der Waals surface area contributed by atoms with Gasteiger partial charge in [-0.25, -0.2) is 17.6 Å². The first kappa shape index (κ1) is 13.4. The molecule has 0 N–H and O–H groups in total. The van der Waals surface area contributed by atoms with Crippen molar-refractivity contribution in [3.8, 4) is 0 Å². The van der Waals surface area contributed by atoms with Crippen molar-refractivity contribution in [2.45, 2.75) is 45.0 Å². The van der Waals surface area contributed by atoms with E-state index >= 15 is 0 Å². The van der Waals surface area contributed by atoms with Gasteiger partial charge >= 0.3 is 0 Å². The van der Waals surface area contributed by atoms with E-state index < -0.39 is 17.6 Å². The van der Waals surface area contributed by atoms with E-state index in [1.165, 1.54) is 6.07 Å². The summed E-state index contributed by atoms with van der Waals surface area (Å²) >= 11 is 0. The molecule has 0 amide bonds. The van der Waals surface area contributed by atoms with E-state index in [0.717, 1.165) is 6.07 Å². The first-order valence-corrected chi connectivity index (χ1v) is 6.14. The van der Waals surface area contributed by atoms with Crippen molar-refractivity contribution in [1.82, 2.24) is 0 Å². The van der Waals surface area contributed by atoms with Gasteiger partial charge in [0.25, 0.3) is 0 Å². The van der Waals surface area contributed by atoms with Crippen LogP contribution in [0.1, 0.15) is 43.2 Å². The smallest absolute Gasteiger partial charge is 0.207 e. The van der Waals surface area contributed by atoms with Crippen LogP contribution in [0.2, 0.25) is 0 Å². The van der Waals surface area contributed by atoms with Gasteiger partial charge in [-0.15, -0.1) is 0 Å². The average Bonchev–Trinajstić information content (AvgIpc) is 2.26. The zero-order valence-corrected chi connectivity index (χ0v) is 10.4. The number of halogens is 4. The Morgan fingerprint density at radius 2 is 1.89 bits per heavy atom. The summed E-state index contributed by atoms with van der Waals surface area (Å²) in [6, 6.07) is 2.59. The van der Waals surface area contributed by atoms with Crippen LogP contribution in [0.15, 0.2) is 12.1 Å². The third-order valence-corrected chi connectivity index (χ3v) is 3.85. The monoisotopic (exact) mass is 260 g/mol. The van der Waals surface area contributed by atoms with E-state index in [9.17, 15) is 17.6 Å². The lowest BCUT2D eigenvalue weighted by Gasteiger charge is -2.35. The molecular weight excluding hydrogens is 244 g/mol. The fourth-order valence-electron chi connectivity index (χ4n) is 2.91. The summed E-state index contributed by atoms with van der Waals surface area (Å²) in [6.07, 6.45) is -0.306. The molecule has 1 aliphatic carbocycles. The first-order chi connectivity index (χ1) is 8.32. The maximum atomic E-state index is 13.9. The Balaban J connectivity index is 2.36. The van der Waals surface area contributed by atoms with Crippen LogP contribution in [0.3, 0.4) is 0 Å². The molecule has 1 aromatic rings. The van der Waals surface area contributed by atoms with Crippen LogP contribution in [0.4, 0.5) is 17.6 Å². The first-order valence-electron chi connectivity index (χ1n) is 6.14. The van der Waals surface area contributed by atoms with Crippen LogP contribution >= 0.6 is 0 Å². The van der Waals surface area contributed by atoms with E-state index in [0.29, 0.717) is 5.56 Å². The lowest BCUT2D eigenvalue weighted by Crippen LogP contribution is -2.30. The van der Waals surface area contributed by atoms with Crippen LogP contribution in [0.5, 0.6) is 0 Å². The zero-order valence-electron chi connectivity index (χ0n) is 10.4. The van der Waals surface area contributed by atoms with Gasteiger partial charge in [0, 0.05) is 12.8 Å². The second kappa shape index (κ2) is 4.56. The molecule has 0 saturated heterocycles.